The second kappa shape index (κ2) is 5.27. The molecular weight excluding hydrogens is 250 g/mol. The second-order valence-electron chi connectivity index (χ2n) is 6.03. The van der Waals surface area contributed by atoms with E-state index in [0.29, 0.717) is 24.9 Å². The van der Waals surface area contributed by atoms with E-state index in [1.807, 2.05) is 35.5 Å². The van der Waals surface area contributed by atoms with Gasteiger partial charge in [0.1, 0.15) is 5.65 Å². The zero-order chi connectivity index (χ0) is 14.1. The lowest BCUT2D eigenvalue weighted by molar-refractivity contribution is -0.133. The highest BCUT2D eigenvalue weighted by atomic mass is 16.2. The molecule has 0 aliphatic heterocycles. The van der Waals surface area contributed by atoms with Crippen LogP contribution in [0.4, 0.5) is 0 Å². The molecule has 106 valence electrons. The highest BCUT2D eigenvalue weighted by Gasteiger charge is 2.33. The summed E-state index contributed by atoms with van der Waals surface area (Å²) < 4.78 is 2.07. The first-order chi connectivity index (χ1) is 9.65. The lowest BCUT2D eigenvalue weighted by Crippen LogP contribution is -2.33. The second-order valence-corrected chi connectivity index (χ2v) is 6.03. The molecule has 0 bridgehead atoms. The van der Waals surface area contributed by atoms with E-state index in [2.05, 4.69) is 23.2 Å². The molecule has 1 amide bonds. The number of rotatable bonds is 5. The Kier molecular flexibility index (Phi) is 3.47. The van der Waals surface area contributed by atoms with Gasteiger partial charge < -0.3 is 9.30 Å². The zero-order valence-electron chi connectivity index (χ0n) is 12.1. The number of fused-ring (bicyclic) bond motifs is 1. The van der Waals surface area contributed by atoms with E-state index in [9.17, 15) is 4.79 Å². The third-order valence-corrected chi connectivity index (χ3v) is 3.72. The van der Waals surface area contributed by atoms with Crippen LogP contribution >= 0.6 is 0 Å². The van der Waals surface area contributed by atoms with Crippen molar-refractivity contribution in [1.82, 2.24) is 14.3 Å². The van der Waals surface area contributed by atoms with Crippen LogP contribution in [0.3, 0.4) is 0 Å². The third kappa shape index (κ3) is 2.69. The van der Waals surface area contributed by atoms with Gasteiger partial charge >= 0.3 is 0 Å². The molecule has 0 spiro atoms. The van der Waals surface area contributed by atoms with Crippen molar-refractivity contribution in [1.29, 1.82) is 0 Å². The number of carbonyl (C=O) groups is 1. The van der Waals surface area contributed by atoms with E-state index in [0.717, 1.165) is 24.2 Å². The molecule has 4 heteroatoms. The molecule has 0 aromatic carbocycles. The Labute approximate surface area is 119 Å². The summed E-state index contributed by atoms with van der Waals surface area (Å²) in [6, 6.07) is 6.40. The van der Waals surface area contributed by atoms with Crippen molar-refractivity contribution < 1.29 is 4.79 Å². The summed E-state index contributed by atoms with van der Waals surface area (Å²) in [4.78, 5) is 18.8. The molecule has 0 unspecified atom stereocenters. The number of imidazole rings is 1. The first-order valence-electron chi connectivity index (χ1n) is 7.35. The van der Waals surface area contributed by atoms with Crippen LogP contribution in [0, 0.1) is 5.92 Å². The summed E-state index contributed by atoms with van der Waals surface area (Å²) in [6.07, 6.45) is 6.80. The van der Waals surface area contributed by atoms with Crippen LogP contribution in [0.1, 0.15) is 38.8 Å². The fraction of sp³-hybridized carbons (Fsp3) is 0.500. The topological polar surface area (TPSA) is 37.6 Å². The maximum Gasteiger partial charge on any atom is 0.223 e. The summed E-state index contributed by atoms with van der Waals surface area (Å²) in [5.74, 6) is 0.680. The minimum atomic E-state index is 0.272. The van der Waals surface area contributed by atoms with Crippen LogP contribution in [-0.2, 0) is 11.3 Å². The zero-order valence-corrected chi connectivity index (χ0v) is 12.1. The van der Waals surface area contributed by atoms with Gasteiger partial charge in [-0.3, -0.25) is 4.79 Å². The smallest absolute Gasteiger partial charge is 0.223 e. The highest BCUT2D eigenvalue weighted by molar-refractivity contribution is 5.77. The molecule has 1 aliphatic carbocycles. The summed E-state index contributed by atoms with van der Waals surface area (Å²) >= 11 is 0. The van der Waals surface area contributed by atoms with Crippen molar-refractivity contribution in [3.63, 3.8) is 0 Å². The van der Waals surface area contributed by atoms with Gasteiger partial charge in [-0.05, 0) is 30.9 Å². The number of aromatic nitrogens is 2. The Balaban J connectivity index is 1.81. The first kappa shape index (κ1) is 13.2. The Bertz CT molecular complexity index is 613. The van der Waals surface area contributed by atoms with Gasteiger partial charge in [0.2, 0.25) is 5.91 Å². The maximum absolute atomic E-state index is 12.4. The monoisotopic (exact) mass is 271 g/mol. The van der Waals surface area contributed by atoms with Crippen LogP contribution in [0.2, 0.25) is 0 Å². The predicted octanol–water partition coefficient (Wildman–Crippen LogP) is 2.87. The molecule has 0 atom stereocenters. The van der Waals surface area contributed by atoms with Crippen molar-refractivity contribution in [2.75, 3.05) is 0 Å². The van der Waals surface area contributed by atoms with E-state index in [1.165, 1.54) is 0 Å². The average molecular weight is 271 g/mol. The molecular formula is C16H21N3O. The number of carbonyl (C=O) groups excluding carboxylic acids is 1. The molecule has 1 fully saturated rings. The number of nitrogens with zero attached hydrogens (tertiary/aromatic N) is 3. The number of hydrogen-bond donors (Lipinski definition) is 0. The van der Waals surface area contributed by atoms with Gasteiger partial charge in [-0.2, -0.15) is 0 Å². The van der Waals surface area contributed by atoms with Crippen molar-refractivity contribution in [2.24, 2.45) is 5.92 Å². The van der Waals surface area contributed by atoms with Crippen LogP contribution in [0.15, 0.2) is 30.6 Å². The molecule has 0 radical (unpaired) electrons. The lowest BCUT2D eigenvalue weighted by Gasteiger charge is -2.23. The fourth-order valence-electron chi connectivity index (χ4n) is 2.55. The Morgan fingerprint density at radius 2 is 2.25 bits per heavy atom. The molecule has 0 N–H and O–H groups in total. The maximum atomic E-state index is 12.4. The quantitative estimate of drug-likeness (QED) is 0.838. The number of hydrogen-bond acceptors (Lipinski definition) is 2. The summed E-state index contributed by atoms with van der Waals surface area (Å²) in [5.41, 5.74) is 2.03. The van der Waals surface area contributed by atoms with Crippen LogP contribution in [-0.4, -0.2) is 26.2 Å². The highest BCUT2D eigenvalue weighted by Crippen LogP contribution is 2.29. The number of pyridine rings is 1. The Morgan fingerprint density at radius 1 is 1.45 bits per heavy atom. The molecule has 1 aliphatic rings. The SMILES string of the molecule is CC(C)CC(=O)N(Cc1cnc2ccccn12)C1CC1. The van der Waals surface area contributed by atoms with Crippen molar-refractivity contribution >= 4 is 11.6 Å². The van der Waals surface area contributed by atoms with E-state index in [4.69, 9.17) is 0 Å². The first-order valence-corrected chi connectivity index (χ1v) is 7.35. The van der Waals surface area contributed by atoms with E-state index < -0.39 is 0 Å². The molecule has 4 nitrogen and oxygen atoms in total. The largest absolute Gasteiger partial charge is 0.334 e. The van der Waals surface area contributed by atoms with E-state index in [-0.39, 0.29) is 5.91 Å². The Hall–Kier alpha value is -1.84. The minimum absolute atomic E-state index is 0.272. The predicted molar refractivity (Wildman–Crippen MR) is 78.2 cm³/mol. The van der Waals surface area contributed by atoms with Gasteiger partial charge in [0, 0.05) is 18.7 Å². The third-order valence-electron chi connectivity index (χ3n) is 3.72. The van der Waals surface area contributed by atoms with Gasteiger partial charge in [0.25, 0.3) is 0 Å². The van der Waals surface area contributed by atoms with Gasteiger partial charge in [-0.15, -0.1) is 0 Å². The molecule has 1 saturated carbocycles. The summed E-state index contributed by atoms with van der Waals surface area (Å²) in [5, 5.41) is 0. The van der Waals surface area contributed by atoms with Crippen LogP contribution < -0.4 is 0 Å². The van der Waals surface area contributed by atoms with Gasteiger partial charge in [-0.1, -0.05) is 19.9 Å². The van der Waals surface area contributed by atoms with E-state index in [1.54, 1.807) is 0 Å². The summed E-state index contributed by atoms with van der Waals surface area (Å²) in [7, 11) is 0. The van der Waals surface area contributed by atoms with Crippen molar-refractivity contribution in [2.45, 2.75) is 45.7 Å². The lowest BCUT2D eigenvalue weighted by atomic mass is 10.1. The standard InChI is InChI=1S/C16H21N3O/c1-12(2)9-16(20)19(13-6-7-13)11-14-10-17-15-5-3-4-8-18(14)15/h3-5,8,10,12-13H,6-7,9,11H2,1-2H3. The van der Waals surface area contributed by atoms with Crippen molar-refractivity contribution in [3.8, 4) is 0 Å². The normalized spacial score (nSPS) is 14.9. The number of amides is 1. The van der Waals surface area contributed by atoms with Gasteiger partial charge in [-0.25, -0.2) is 4.98 Å². The fourth-order valence-corrected chi connectivity index (χ4v) is 2.55. The minimum Gasteiger partial charge on any atom is -0.334 e. The van der Waals surface area contributed by atoms with Gasteiger partial charge in [0.15, 0.2) is 0 Å². The van der Waals surface area contributed by atoms with Crippen LogP contribution in [0.5, 0.6) is 0 Å². The average Bonchev–Trinajstić information content (AvgIpc) is 3.16. The Morgan fingerprint density at radius 3 is 2.95 bits per heavy atom. The van der Waals surface area contributed by atoms with Crippen molar-refractivity contribution in [3.05, 3.63) is 36.3 Å². The molecule has 2 aromatic rings. The van der Waals surface area contributed by atoms with E-state index >= 15 is 0 Å². The molecule has 20 heavy (non-hydrogen) atoms. The van der Waals surface area contributed by atoms with Gasteiger partial charge in [0.05, 0.1) is 18.4 Å². The molecule has 3 rings (SSSR count). The molecule has 0 saturated heterocycles. The summed E-state index contributed by atoms with van der Waals surface area (Å²) in [6.45, 7) is 4.86. The molecule has 2 aromatic heterocycles. The van der Waals surface area contributed by atoms with Crippen LogP contribution in [0.25, 0.3) is 5.65 Å². The molecule has 2 heterocycles.